The molecule has 3 amide bonds. The summed E-state index contributed by atoms with van der Waals surface area (Å²) >= 11 is 0. The van der Waals surface area contributed by atoms with E-state index in [4.69, 9.17) is 4.74 Å². The molecule has 1 aliphatic rings. The zero-order valence-corrected chi connectivity index (χ0v) is 14.4. The van der Waals surface area contributed by atoms with Crippen LogP contribution in [-0.2, 0) is 11.2 Å². The fourth-order valence-corrected chi connectivity index (χ4v) is 2.85. The molecule has 0 saturated carbocycles. The minimum absolute atomic E-state index is 0.0400. The Bertz CT molecular complexity index is 1000. The van der Waals surface area contributed by atoms with Crippen LogP contribution in [0.2, 0.25) is 0 Å². The largest absolute Gasteiger partial charge is 0.457 e. The number of benzene rings is 3. The van der Waals surface area contributed by atoms with Crippen molar-refractivity contribution in [3.05, 3.63) is 78.4 Å². The molecule has 4 rings (SSSR count). The van der Waals surface area contributed by atoms with Crippen molar-refractivity contribution in [1.29, 1.82) is 0 Å². The second-order valence-electron chi connectivity index (χ2n) is 6.12. The number of amides is 3. The van der Waals surface area contributed by atoms with Crippen molar-refractivity contribution in [1.82, 2.24) is 0 Å². The van der Waals surface area contributed by atoms with Crippen LogP contribution < -0.4 is 20.7 Å². The average molecular weight is 359 g/mol. The first kappa shape index (κ1) is 16.7. The Labute approximate surface area is 156 Å². The predicted molar refractivity (Wildman–Crippen MR) is 104 cm³/mol. The van der Waals surface area contributed by atoms with Crippen molar-refractivity contribution in [2.45, 2.75) is 6.42 Å². The highest BCUT2D eigenvalue weighted by atomic mass is 16.5. The third-order valence-electron chi connectivity index (χ3n) is 4.06. The van der Waals surface area contributed by atoms with Crippen molar-refractivity contribution in [3.63, 3.8) is 0 Å². The zero-order chi connectivity index (χ0) is 18.6. The maximum absolute atomic E-state index is 12.3. The molecule has 0 bridgehead atoms. The smallest absolute Gasteiger partial charge is 0.323 e. The lowest BCUT2D eigenvalue weighted by atomic mass is 10.1. The molecule has 0 saturated heterocycles. The van der Waals surface area contributed by atoms with Crippen LogP contribution in [0.4, 0.5) is 21.9 Å². The highest BCUT2D eigenvalue weighted by molar-refractivity contribution is 6.02. The lowest BCUT2D eigenvalue weighted by Crippen LogP contribution is -2.19. The summed E-state index contributed by atoms with van der Waals surface area (Å²) in [7, 11) is 0. The number of anilines is 3. The average Bonchev–Trinajstić information content (AvgIpc) is 3.02. The Morgan fingerprint density at radius 3 is 2.41 bits per heavy atom. The highest BCUT2D eigenvalue weighted by Gasteiger charge is 2.17. The van der Waals surface area contributed by atoms with E-state index < -0.39 is 0 Å². The number of carbonyl (C=O) groups is 2. The van der Waals surface area contributed by atoms with Crippen LogP contribution in [-0.4, -0.2) is 11.9 Å². The molecule has 0 atom stereocenters. The molecular formula is C21H17N3O3. The summed E-state index contributed by atoms with van der Waals surface area (Å²) in [5.41, 5.74) is 2.87. The van der Waals surface area contributed by atoms with Crippen molar-refractivity contribution < 1.29 is 14.3 Å². The fraction of sp³-hybridized carbons (Fsp3) is 0.0476. The van der Waals surface area contributed by atoms with E-state index in [1.165, 1.54) is 0 Å². The van der Waals surface area contributed by atoms with Crippen LogP contribution in [0, 0.1) is 0 Å². The molecule has 1 aliphatic heterocycles. The van der Waals surface area contributed by atoms with E-state index in [-0.39, 0.29) is 11.9 Å². The maximum atomic E-state index is 12.3. The molecule has 3 aromatic carbocycles. The molecule has 0 spiro atoms. The van der Waals surface area contributed by atoms with Gasteiger partial charge in [-0.15, -0.1) is 0 Å². The quantitative estimate of drug-likeness (QED) is 0.636. The lowest BCUT2D eigenvalue weighted by molar-refractivity contribution is -0.115. The van der Waals surface area contributed by atoms with Gasteiger partial charge in [0.15, 0.2) is 0 Å². The van der Waals surface area contributed by atoms with E-state index in [2.05, 4.69) is 16.0 Å². The van der Waals surface area contributed by atoms with E-state index in [1.807, 2.05) is 42.5 Å². The van der Waals surface area contributed by atoms with Crippen molar-refractivity contribution >= 4 is 29.0 Å². The van der Waals surface area contributed by atoms with Gasteiger partial charge in [-0.05, 0) is 42.0 Å². The molecule has 6 heteroatoms. The topological polar surface area (TPSA) is 79.5 Å². The summed E-state index contributed by atoms with van der Waals surface area (Å²) < 4.78 is 5.77. The molecular weight excluding hydrogens is 342 g/mol. The molecule has 3 aromatic rings. The summed E-state index contributed by atoms with van der Waals surface area (Å²) in [5.74, 6) is 1.31. The minimum atomic E-state index is -0.379. The number of nitrogens with one attached hydrogen (secondary N) is 3. The van der Waals surface area contributed by atoms with Gasteiger partial charge in [-0.1, -0.05) is 30.3 Å². The van der Waals surface area contributed by atoms with Gasteiger partial charge >= 0.3 is 6.03 Å². The summed E-state index contributed by atoms with van der Waals surface area (Å²) in [6, 6.07) is 21.5. The van der Waals surface area contributed by atoms with Crippen molar-refractivity contribution in [2.75, 3.05) is 16.0 Å². The molecule has 0 unspecified atom stereocenters. The van der Waals surface area contributed by atoms with Crippen LogP contribution in [0.5, 0.6) is 11.5 Å². The lowest BCUT2D eigenvalue weighted by Gasteiger charge is -2.10. The van der Waals surface area contributed by atoms with Crippen molar-refractivity contribution in [2.24, 2.45) is 0 Å². The second-order valence-corrected chi connectivity index (χ2v) is 6.12. The molecule has 27 heavy (non-hydrogen) atoms. The van der Waals surface area contributed by atoms with Gasteiger partial charge in [0, 0.05) is 23.1 Å². The van der Waals surface area contributed by atoms with Crippen LogP contribution in [0.3, 0.4) is 0 Å². The minimum Gasteiger partial charge on any atom is -0.457 e. The van der Waals surface area contributed by atoms with E-state index in [1.54, 1.807) is 30.3 Å². The summed E-state index contributed by atoms with van der Waals surface area (Å²) in [6.07, 6.45) is 0.371. The third-order valence-corrected chi connectivity index (χ3v) is 4.06. The van der Waals surface area contributed by atoms with E-state index in [0.29, 0.717) is 23.5 Å². The molecule has 3 N–H and O–H groups in total. The molecule has 0 aromatic heterocycles. The number of para-hydroxylation sites is 1. The van der Waals surface area contributed by atoms with E-state index in [0.717, 1.165) is 17.0 Å². The van der Waals surface area contributed by atoms with Gasteiger partial charge in [0.25, 0.3) is 0 Å². The van der Waals surface area contributed by atoms with Gasteiger partial charge in [-0.2, -0.15) is 0 Å². The predicted octanol–water partition coefficient (Wildman–Crippen LogP) is 4.62. The van der Waals surface area contributed by atoms with Gasteiger partial charge < -0.3 is 20.7 Å². The molecule has 6 nitrogen and oxygen atoms in total. The summed E-state index contributed by atoms with van der Waals surface area (Å²) in [5, 5.41) is 8.30. The molecule has 134 valence electrons. The van der Waals surface area contributed by atoms with Gasteiger partial charge in [-0.3, -0.25) is 4.79 Å². The number of ether oxygens (including phenoxy) is 1. The van der Waals surface area contributed by atoms with Gasteiger partial charge in [0.1, 0.15) is 11.5 Å². The molecule has 1 heterocycles. The number of hydrogen-bond donors (Lipinski definition) is 3. The Morgan fingerprint density at radius 2 is 1.59 bits per heavy atom. The zero-order valence-electron chi connectivity index (χ0n) is 14.4. The molecule has 0 radical (unpaired) electrons. The third kappa shape index (κ3) is 4.07. The van der Waals surface area contributed by atoms with Crippen molar-refractivity contribution in [3.8, 4) is 11.5 Å². The second kappa shape index (κ2) is 7.21. The first-order valence-corrected chi connectivity index (χ1v) is 8.49. The summed E-state index contributed by atoms with van der Waals surface area (Å²) in [4.78, 5) is 23.7. The Morgan fingerprint density at radius 1 is 0.852 bits per heavy atom. The van der Waals surface area contributed by atoms with Crippen LogP contribution in [0.1, 0.15) is 5.56 Å². The fourth-order valence-electron chi connectivity index (χ4n) is 2.85. The normalized spacial score (nSPS) is 12.1. The first-order chi connectivity index (χ1) is 13.2. The van der Waals surface area contributed by atoms with E-state index in [9.17, 15) is 9.59 Å². The SMILES string of the molecule is O=C1Cc2ccc(NC(=O)Nc3cccc(Oc4ccccc4)c3)cc2N1. The number of carbonyl (C=O) groups excluding carboxylic acids is 2. The highest BCUT2D eigenvalue weighted by Crippen LogP contribution is 2.27. The maximum Gasteiger partial charge on any atom is 0.323 e. The molecule has 0 aliphatic carbocycles. The van der Waals surface area contributed by atoms with E-state index >= 15 is 0 Å². The van der Waals surface area contributed by atoms with Crippen LogP contribution in [0.15, 0.2) is 72.8 Å². The van der Waals surface area contributed by atoms with Gasteiger partial charge in [-0.25, -0.2) is 4.79 Å². The van der Waals surface area contributed by atoms with Crippen LogP contribution >= 0.6 is 0 Å². The number of fused-ring (bicyclic) bond motifs is 1. The van der Waals surface area contributed by atoms with Crippen LogP contribution in [0.25, 0.3) is 0 Å². The standard InChI is InChI=1S/C21H17N3O3/c25-20-11-14-9-10-16(13-19(14)24-20)23-21(26)22-15-5-4-8-18(12-15)27-17-6-2-1-3-7-17/h1-10,12-13H,11H2,(H,24,25)(H2,22,23,26). The number of rotatable bonds is 4. The number of hydrogen-bond acceptors (Lipinski definition) is 3. The first-order valence-electron chi connectivity index (χ1n) is 8.49. The Hall–Kier alpha value is -3.80. The number of urea groups is 1. The molecule has 0 fully saturated rings. The summed E-state index contributed by atoms with van der Waals surface area (Å²) in [6.45, 7) is 0. The van der Waals surface area contributed by atoms with Gasteiger partial charge in [0.2, 0.25) is 5.91 Å². The van der Waals surface area contributed by atoms with Gasteiger partial charge in [0.05, 0.1) is 6.42 Å². The Balaban J connectivity index is 1.40. The monoisotopic (exact) mass is 359 g/mol. The Kier molecular flexibility index (Phi) is 4.45.